The fraction of sp³-hybridized carbons (Fsp3) is 0.0588. The van der Waals surface area contributed by atoms with Crippen molar-refractivity contribution in [1.82, 2.24) is 5.32 Å². The molecular formula is C17H11Cl2NO2S2. The molecule has 0 unspecified atom stereocenters. The fourth-order valence-electron chi connectivity index (χ4n) is 2.09. The number of amides is 1. The Hall–Kier alpha value is -1.53. The highest BCUT2D eigenvalue weighted by atomic mass is 35.5. The summed E-state index contributed by atoms with van der Waals surface area (Å²) in [5, 5.41) is 3.58. The minimum absolute atomic E-state index is 0.179. The molecule has 0 saturated carbocycles. The van der Waals surface area contributed by atoms with Crippen molar-refractivity contribution >= 4 is 63.5 Å². The highest BCUT2D eigenvalue weighted by Crippen LogP contribution is 2.28. The zero-order valence-electron chi connectivity index (χ0n) is 12.2. The molecule has 3 rings (SSSR count). The Morgan fingerprint density at radius 3 is 2.75 bits per heavy atom. The van der Waals surface area contributed by atoms with Crippen molar-refractivity contribution in [1.29, 1.82) is 0 Å². The van der Waals surface area contributed by atoms with E-state index in [0.717, 1.165) is 11.1 Å². The zero-order chi connectivity index (χ0) is 17.1. The molecule has 1 fully saturated rings. The van der Waals surface area contributed by atoms with Gasteiger partial charge in [-0.25, -0.2) is 0 Å². The fourth-order valence-corrected chi connectivity index (χ4v) is 3.51. The maximum absolute atomic E-state index is 11.7. The Morgan fingerprint density at radius 2 is 2.00 bits per heavy atom. The van der Waals surface area contributed by atoms with E-state index in [-0.39, 0.29) is 5.91 Å². The highest BCUT2D eigenvalue weighted by molar-refractivity contribution is 8.26. The van der Waals surface area contributed by atoms with Gasteiger partial charge in [0.1, 0.15) is 16.7 Å². The van der Waals surface area contributed by atoms with Crippen LogP contribution < -0.4 is 10.1 Å². The molecule has 0 radical (unpaired) electrons. The van der Waals surface area contributed by atoms with E-state index in [1.54, 1.807) is 12.1 Å². The van der Waals surface area contributed by atoms with Crippen LogP contribution in [0.2, 0.25) is 10.0 Å². The van der Waals surface area contributed by atoms with Crippen LogP contribution in [0, 0.1) is 0 Å². The predicted molar refractivity (Wildman–Crippen MR) is 104 cm³/mol. The topological polar surface area (TPSA) is 38.3 Å². The van der Waals surface area contributed by atoms with E-state index in [9.17, 15) is 4.79 Å². The van der Waals surface area contributed by atoms with Gasteiger partial charge in [-0.3, -0.25) is 4.79 Å². The number of ether oxygens (including phenoxy) is 1. The third-order valence-electron chi connectivity index (χ3n) is 3.22. The quantitative estimate of drug-likeness (QED) is 0.579. The number of halogens is 2. The van der Waals surface area contributed by atoms with E-state index < -0.39 is 0 Å². The van der Waals surface area contributed by atoms with Gasteiger partial charge in [-0.05, 0) is 29.8 Å². The third-order valence-corrected chi connectivity index (χ3v) is 5.24. The molecule has 2 aromatic rings. The van der Waals surface area contributed by atoms with Gasteiger partial charge in [0.15, 0.2) is 0 Å². The minimum Gasteiger partial charge on any atom is -0.489 e. The molecule has 2 aromatic carbocycles. The number of nitrogens with one attached hydrogen (secondary N) is 1. The van der Waals surface area contributed by atoms with Crippen LogP contribution >= 0.6 is 47.2 Å². The lowest BCUT2D eigenvalue weighted by molar-refractivity contribution is -0.115. The van der Waals surface area contributed by atoms with Crippen molar-refractivity contribution in [2.75, 3.05) is 0 Å². The van der Waals surface area contributed by atoms with Crippen LogP contribution in [0.5, 0.6) is 5.75 Å². The van der Waals surface area contributed by atoms with Crippen LogP contribution in [0.15, 0.2) is 47.4 Å². The molecule has 0 aliphatic carbocycles. The zero-order valence-corrected chi connectivity index (χ0v) is 15.4. The van der Waals surface area contributed by atoms with Crippen LogP contribution in [0.1, 0.15) is 11.1 Å². The highest BCUT2D eigenvalue weighted by Gasteiger charge is 2.21. The Labute approximate surface area is 159 Å². The summed E-state index contributed by atoms with van der Waals surface area (Å²) in [5.74, 6) is 0.494. The first-order valence-corrected chi connectivity index (χ1v) is 8.91. The van der Waals surface area contributed by atoms with Crippen molar-refractivity contribution < 1.29 is 9.53 Å². The Bertz CT molecular complexity index is 852. The number of hydrogen-bond acceptors (Lipinski definition) is 4. The van der Waals surface area contributed by atoms with Crippen LogP contribution in [-0.2, 0) is 11.4 Å². The summed E-state index contributed by atoms with van der Waals surface area (Å²) in [6, 6.07) is 12.9. The molecule has 0 spiro atoms. The number of thiocarbonyl (C=S) groups is 1. The first-order valence-electron chi connectivity index (χ1n) is 6.93. The summed E-state index contributed by atoms with van der Waals surface area (Å²) in [6.07, 6.45) is 1.78. The smallest absolute Gasteiger partial charge is 0.263 e. The number of hydrogen-bond donors (Lipinski definition) is 1. The van der Waals surface area contributed by atoms with Crippen molar-refractivity contribution in [3.05, 3.63) is 68.5 Å². The Balaban J connectivity index is 1.74. The first-order chi connectivity index (χ1) is 11.5. The average molecular weight is 396 g/mol. The second-order valence-corrected chi connectivity index (χ2v) is 7.43. The van der Waals surface area contributed by atoms with Gasteiger partial charge in [-0.2, -0.15) is 0 Å². The molecule has 1 aliphatic rings. The standard InChI is InChI=1S/C17H11Cl2NO2S2/c18-13-6-2-4-11(15(13)19)9-22-12-5-1-3-10(7-12)8-14-16(21)20-17(23)24-14/h1-8H,9H2,(H,20,21,23). The first kappa shape index (κ1) is 17.3. The summed E-state index contributed by atoms with van der Waals surface area (Å²) in [4.78, 5) is 12.3. The molecule has 1 aliphatic heterocycles. The van der Waals surface area contributed by atoms with Gasteiger partial charge in [0.25, 0.3) is 5.91 Å². The number of thioether (sulfide) groups is 1. The third kappa shape index (κ3) is 4.11. The summed E-state index contributed by atoms with van der Waals surface area (Å²) in [7, 11) is 0. The van der Waals surface area contributed by atoms with Gasteiger partial charge >= 0.3 is 0 Å². The molecule has 122 valence electrons. The lowest BCUT2D eigenvalue weighted by atomic mass is 10.2. The van der Waals surface area contributed by atoms with Gasteiger partial charge < -0.3 is 10.1 Å². The van der Waals surface area contributed by atoms with Crippen LogP contribution in [0.25, 0.3) is 6.08 Å². The Morgan fingerprint density at radius 1 is 1.21 bits per heavy atom. The molecule has 3 nitrogen and oxygen atoms in total. The summed E-state index contributed by atoms with van der Waals surface area (Å²) < 4.78 is 6.24. The van der Waals surface area contributed by atoms with E-state index in [1.807, 2.05) is 36.4 Å². The van der Waals surface area contributed by atoms with E-state index in [4.69, 9.17) is 40.2 Å². The van der Waals surface area contributed by atoms with E-state index >= 15 is 0 Å². The average Bonchev–Trinajstić information content (AvgIpc) is 2.87. The largest absolute Gasteiger partial charge is 0.489 e. The van der Waals surface area contributed by atoms with Crippen LogP contribution in [0.4, 0.5) is 0 Å². The monoisotopic (exact) mass is 395 g/mol. The normalized spacial score (nSPS) is 15.7. The van der Waals surface area contributed by atoms with E-state index in [1.165, 1.54) is 11.8 Å². The number of rotatable bonds is 4. The van der Waals surface area contributed by atoms with Crippen molar-refractivity contribution in [2.45, 2.75) is 6.61 Å². The maximum atomic E-state index is 11.7. The predicted octanol–water partition coefficient (Wildman–Crippen LogP) is 5.06. The molecule has 1 heterocycles. The summed E-state index contributed by atoms with van der Waals surface area (Å²) >= 11 is 18.4. The van der Waals surface area contributed by atoms with E-state index in [2.05, 4.69) is 5.32 Å². The summed E-state index contributed by atoms with van der Waals surface area (Å²) in [5.41, 5.74) is 1.66. The van der Waals surface area contributed by atoms with Crippen LogP contribution in [-0.4, -0.2) is 10.2 Å². The maximum Gasteiger partial charge on any atom is 0.263 e. The summed E-state index contributed by atoms with van der Waals surface area (Å²) in [6.45, 7) is 0.304. The van der Waals surface area contributed by atoms with Crippen molar-refractivity contribution in [2.24, 2.45) is 0 Å². The number of carbonyl (C=O) groups is 1. The minimum atomic E-state index is -0.179. The number of benzene rings is 2. The molecule has 1 saturated heterocycles. The Kier molecular flexibility index (Phi) is 5.46. The molecule has 1 amide bonds. The lowest BCUT2D eigenvalue weighted by Gasteiger charge is -2.09. The van der Waals surface area contributed by atoms with Gasteiger partial charge in [0.2, 0.25) is 0 Å². The molecule has 0 bridgehead atoms. The lowest BCUT2D eigenvalue weighted by Crippen LogP contribution is -2.17. The van der Waals surface area contributed by atoms with Gasteiger partial charge in [-0.1, -0.05) is 71.4 Å². The number of carbonyl (C=O) groups excluding carboxylic acids is 1. The molecule has 24 heavy (non-hydrogen) atoms. The van der Waals surface area contributed by atoms with E-state index in [0.29, 0.717) is 31.6 Å². The molecular weight excluding hydrogens is 385 g/mol. The molecule has 1 N–H and O–H groups in total. The molecule has 0 aromatic heterocycles. The second kappa shape index (κ2) is 7.57. The van der Waals surface area contributed by atoms with Crippen molar-refractivity contribution in [3.8, 4) is 5.75 Å². The van der Waals surface area contributed by atoms with Crippen molar-refractivity contribution in [3.63, 3.8) is 0 Å². The second-order valence-electron chi connectivity index (χ2n) is 4.93. The van der Waals surface area contributed by atoms with Gasteiger partial charge in [-0.15, -0.1) is 0 Å². The van der Waals surface area contributed by atoms with Crippen LogP contribution in [0.3, 0.4) is 0 Å². The van der Waals surface area contributed by atoms with Gasteiger partial charge in [0.05, 0.1) is 15.0 Å². The molecule has 0 atom stereocenters. The van der Waals surface area contributed by atoms with Gasteiger partial charge in [0, 0.05) is 5.56 Å². The SMILES string of the molecule is O=C1NC(=S)SC1=Cc1cccc(OCc2cccc(Cl)c2Cl)c1. The molecule has 7 heteroatoms.